The van der Waals surface area contributed by atoms with Crippen LogP contribution in [0.1, 0.15) is 59.5 Å². The lowest BCUT2D eigenvalue weighted by Gasteiger charge is -2.32. The van der Waals surface area contributed by atoms with Gasteiger partial charge in [0.05, 0.1) is 11.5 Å². The largest absolute Gasteiger partial charge is 0.381 e. The third-order valence-electron chi connectivity index (χ3n) is 6.42. The van der Waals surface area contributed by atoms with E-state index in [1.165, 1.54) is 0 Å². The first-order valence-electron chi connectivity index (χ1n) is 13.1. The molecule has 0 aromatic carbocycles. The quantitative estimate of drug-likeness (QED) is 0.526. The highest BCUT2D eigenvalue weighted by Gasteiger charge is 2.30. The van der Waals surface area contributed by atoms with Gasteiger partial charge in [-0.25, -0.2) is 18.0 Å². The Morgan fingerprint density at radius 2 is 1.33 bits per heavy atom. The maximum absolute atomic E-state index is 12.7. The molecule has 2 aliphatic rings. The maximum atomic E-state index is 12.7. The molecule has 14 heteroatoms. The molecule has 0 bridgehead atoms. The fourth-order valence-corrected chi connectivity index (χ4v) is 5.14. The third-order valence-corrected chi connectivity index (χ3v) is 8.03. The molecule has 0 atom stereocenters. The van der Waals surface area contributed by atoms with Gasteiger partial charge in [-0.15, -0.1) is 0 Å². The Bertz CT molecular complexity index is 1230. The summed E-state index contributed by atoms with van der Waals surface area (Å²) in [7, 11) is -3.03. The van der Waals surface area contributed by atoms with E-state index < -0.39 is 9.84 Å². The minimum absolute atomic E-state index is 0.00458. The molecule has 0 spiro atoms. The van der Waals surface area contributed by atoms with Crippen LogP contribution in [0.3, 0.4) is 0 Å². The minimum Gasteiger partial charge on any atom is -0.381 e. The highest BCUT2D eigenvalue weighted by molar-refractivity contribution is 7.91. The molecule has 2 aliphatic heterocycles. The third kappa shape index (κ3) is 8.60. The summed E-state index contributed by atoms with van der Waals surface area (Å²) in [5.74, 6) is 2.34. The summed E-state index contributed by atoms with van der Waals surface area (Å²) >= 11 is 0. The summed E-state index contributed by atoms with van der Waals surface area (Å²) in [6.45, 7) is 14.4. The van der Waals surface area contributed by atoms with Gasteiger partial charge in [0, 0.05) is 62.2 Å². The van der Waals surface area contributed by atoms with Crippen molar-refractivity contribution in [2.75, 3.05) is 61.8 Å². The van der Waals surface area contributed by atoms with Crippen LogP contribution in [0, 0.1) is 0 Å². The Kier molecular flexibility index (Phi) is 9.19. The second-order valence-corrected chi connectivity index (χ2v) is 14.2. The molecule has 2 fully saturated rings. The monoisotopic (exact) mass is 567 g/mol. The number of anilines is 2. The van der Waals surface area contributed by atoms with Crippen LogP contribution in [0.25, 0.3) is 0 Å². The highest BCUT2D eigenvalue weighted by atomic mass is 32.2. The number of aromatic nitrogens is 2. The van der Waals surface area contributed by atoms with Crippen molar-refractivity contribution in [3.05, 3.63) is 23.7 Å². The average molecular weight is 568 g/mol. The molecule has 13 nitrogen and oxygen atoms in total. The number of hydrogen-bond acceptors (Lipinski definition) is 9. The number of urea groups is 2. The van der Waals surface area contributed by atoms with E-state index in [-0.39, 0.29) is 47.5 Å². The molecular formula is C25H41N7O6S. The van der Waals surface area contributed by atoms with Gasteiger partial charge in [-0.1, -0.05) is 51.9 Å². The van der Waals surface area contributed by atoms with Crippen LogP contribution < -0.4 is 11.1 Å². The molecule has 0 aliphatic carbocycles. The number of hydrogen-bond donors (Lipinski definition) is 2. The van der Waals surface area contributed by atoms with Crippen molar-refractivity contribution >= 4 is 33.5 Å². The van der Waals surface area contributed by atoms with Crippen molar-refractivity contribution < 1.29 is 27.1 Å². The van der Waals surface area contributed by atoms with Crippen molar-refractivity contribution in [2.45, 2.75) is 58.8 Å². The van der Waals surface area contributed by atoms with Crippen LogP contribution in [-0.4, -0.2) is 96.3 Å². The summed E-state index contributed by atoms with van der Waals surface area (Å²) in [5, 5.41) is 10.2. The molecule has 218 valence electrons. The number of nitrogens with two attached hydrogens (primary N) is 1. The molecule has 0 saturated carbocycles. The number of carbonyl (C=O) groups is 2. The molecular weight excluding hydrogens is 526 g/mol. The molecule has 39 heavy (non-hydrogen) atoms. The average Bonchev–Trinajstić information content (AvgIpc) is 3.42. The van der Waals surface area contributed by atoms with E-state index in [0.717, 1.165) is 5.76 Å². The Hall–Kier alpha value is -3.29. The van der Waals surface area contributed by atoms with Gasteiger partial charge in [-0.05, 0) is 6.42 Å². The summed E-state index contributed by atoms with van der Waals surface area (Å²) in [5.41, 5.74) is 5.17. The summed E-state index contributed by atoms with van der Waals surface area (Å²) in [4.78, 5) is 30.2. The predicted octanol–water partition coefficient (Wildman–Crippen LogP) is 2.92. The van der Waals surface area contributed by atoms with Crippen LogP contribution in [0.15, 0.2) is 21.2 Å². The van der Waals surface area contributed by atoms with Crippen LogP contribution in [0.4, 0.5) is 21.2 Å². The Morgan fingerprint density at radius 1 is 0.821 bits per heavy atom. The van der Waals surface area contributed by atoms with Crippen LogP contribution in [-0.2, 0) is 20.7 Å². The summed E-state index contributed by atoms with van der Waals surface area (Å²) in [6, 6.07) is 3.03. The van der Waals surface area contributed by atoms with Gasteiger partial charge in [0.2, 0.25) is 0 Å². The number of carbonyl (C=O) groups excluding carboxylic acids is 2. The fraction of sp³-hybridized carbons (Fsp3) is 0.680. The second-order valence-electron chi connectivity index (χ2n) is 11.9. The van der Waals surface area contributed by atoms with Crippen molar-refractivity contribution in [1.82, 2.24) is 25.0 Å². The van der Waals surface area contributed by atoms with Crippen molar-refractivity contribution in [3.8, 4) is 0 Å². The van der Waals surface area contributed by atoms with Crippen molar-refractivity contribution in [2.24, 2.45) is 0 Å². The number of nitrogens with one attached hydrogen (secondary N) is 1. The van der Waals surface area contributed by atoms with E-state index in [0.29, 0.717) is 50.0 Å². The number of nitrogen functional groups attached to an aromatic ring is 1. The van der Waals surface area contributed by atoms with Crippen LogP contribution in [0.2, 0.25) is 0 Å². The molecule has 4 rings (SSSR count). The smallest absolute Gasteiger partial charge is 0.323 e. The van der Waals surface area contributed by atoms with Gasteiger partial charge >= 0.3 is 12.1 Å². The van der Waals surface area contributed by atoms with Gasteiger partial charge < -0.3 is 29.5 Å². The normalized spacial score (nSPS) is 18.2. The van der Waals surface area contributed by atoms with E-state index in [1.807, 2.05) is 41.5 Å². The molecule has 2 saturated heterocycles. The van der Waals surface area contributed by atoms with Gasteiger partial charge in [-0.3, -0.25) is 5.32 Å². The number of amides is 4. The zero-order valence-electron chi connectivity index (χ0n) is 23.7. The van der Waals surface area contributed by atoms with Crippen LogP contribution >= 0.6 is 0 Å². The number of nitrogens with zero attached hydrogens (tertiary/aromatic N) is 5. The Balaban J connectivity index is 0.000000353. The van der Waals surface area contributed by atoms with E-state index in [1.54, 1.807) is 26.8 Å². The molecule has 0 unspecified atom stereocenters. The first-order chi connectivity index (χ1) is 18.0. The SMILES string of the molecule is CC(C)(C)c1cc(N)no1.CC(C)(C)c1cc(NC(=O)N2CCCN(C(=O)N3CCS(=O)(=O)CC3)CC2)no1. The van der Waals surface area contributed by atoms with Crippen molar-refractivity contribution in [1.29, 1.82) is 0 Å². The second kappa shape index (κ2) is 11.8. The highest BCUT2D eigenvalue weighted by Crippen LogP contribution is 2.25. The van der Waals surface area contributed by atoms with E-state index in [4.69, 9.17) is 14.8 Å². The topological polar surface area (TPSA) is 168 Å². The maximum Gasteiger partial charge on any atom is 0.323 e. The lowest BCUT2D eigenvalue weighted by molar-refractivity contribution is 0.157. The Morgan fingerprint density at radius 3 is 1.85 bits per heavy atom. The molecule has 4 amide bonds. The predicted molar refractivity (Wildman–Crippen MR) is 147 cm³/mol. The first kappa shape index (κ1) is 30.3. The standard InChI is InChI=1S/C18H29N5O5S.C7H12N2O/c1-18(2,3)14-13-15(20-28-14)19-16(24)21-5-4-6-22(8-7-21)17(25)23-9-11-29(26,27)12-10-23;1-7(2,3)5-4-6(8)9-10-5/h13H,4-12H2,1-3H3,(H,19,20,24);4H,1-3H3,(H2,8,9). The van der Waals surface area contributed by atoms with Gasteiger partial charge in [0.15, 0.2) is 21.5 Å². The lowest BCUT2D eigenvalue weighted by Crippen LogP contribution is -2.50. The molecule has 3 N–H and O–H groups in total. The van der Waals surface area contributed by atoms with E-state index in [2.05, 4.69) is 15.6 Å². The lowest BCUT2D eigenvalue weighted by atomic mass is 9.93. The van der Waals surface area contributed by atoms with E-state index >= 15 is 0 Å². The number of sulfone groups is 1. The van der Waals surface area contributed by atoms with Gasteiger partial charge in [0.1, 0.15) is 11.5 Å². The molecule has 2 aromatic rings. The fourth-order valence-electron chi connectivity index (χ4n) is 3.93. The molecule has 4 heterocycles. The van der Waals surface area contributed by atoms with E-state index in [9.17, 15) is 18.0 Å². The van der Waals surface area contributed by atoms with Gasteiger partial charge in [-0.2, -0.15) is 0 Å². The summed E-state index contributed by atoms with van der Waals surface area (Å²) in [6.07, 6.45) is 0.650. The van der Waals surface area contributed by atoms with Crippen LogP contribution in [0.5, 0.6) is 0 Å². The van der Waals surface area contributed by atoms with Gasteiger partial charge in [0.25, 0.3) is 0 Å². The number of rotatable bonds is 1. The summed E-state index contributed by atoms with van der Waals surface area (Å²) < 4.78 is 33.4. The molecule has 2 aromatic heterocycles. The zero-order chi connectivity index (χ0) is 29.0. The molecule has 0 radical (unpaired) electrons. The Labute approximate surface area is 229 Å². The van der Waals surface area contributed by atoms with Crippen molar-refractivity contribution in [3.63, 3.8) is 0 Å². The zero-order valence-corrected chi connectivity index (χ0v) is 24.5. The minimum atomic E-state index is -3.03. The first-order valence-corrected chi connectivity index (χ1v) is 14.9.